The lowest BCUT2D eigenvalue weighted by atomic mass is 10.0. The fraction of sp³-hybridized carbons (Fsp3) is 0. The lowest BCUT2D eigenvalue weighted by molar-refractivity contribution is 0.667. The van der Waals surface area contributed by atoms with Crippen molar-refractivity contribution in [3.05, 3.63) is 108 Å². The van der Waals surface area contributed by atoms with Crippen molar-refractivity contribution >= 4 is 55.2 Å². The molecule has 2 aromatic heterocycles. The maximum atomic E-state index is 6.50. The lowest BCUT2D eigenvalue weighted by Gasteiger charge is -2.10. The summed E-state index contributed by atoms with van der Waals surface area (Å²) >= 11 is 6.50. The average Bonchev–Trinajstić information content (AvgIpc) is 3.27. The molecule has 0 radical (unpaired) electrons. The van der Waals surface area contributed by atoms with Crippen LogP contribution in [0, 0.1) is 0 Å². The van der Waals surface area contributed by atoms with Gasteiger partial charge in [0.25, 0.3) is 0 Å². The summed E-state index contributed by atoms with van der Waals surface area (Å²) in [5.41, 5.74) is 5.01. The Balaban J connectivity index is 1.59. The van der Waals surface area contributed by atoms with E-state index >= 15 is 0 Å². The molecule has 0 N–H and O–H groups in total. The smallest absolute Gasteiger partial charge is 0.180 e. The maximum Gasteiger partial charge on any atom is 0.180 e. The number of furan rings is 1. The van der Waals surface area contributed by atoms with Crippen molar-refractivity contribution in [3.63, 3.8) is 0 Å². The first kappa shape index (κ1) is 19.3. The molecule has 34 heavy (non-hydrogen) atoms. The van der Waals surface area contributed by atoms with Crippen LogP contribution in [0.2, 0.25) is 5.02 Å². The standard InChI is InChI=1S/C30H17ClN2O/c31-25-16-15-23(21-9-3-4-10-22(21)25)30-32-27(20-14-13-18-7-1-2-8-19(18)17-20)29-28(33-30)24-11-5-6-12-26(24)34-29/h1-17H. The number of hydrogen-bond acceptors (Lipinski definition) is 3. The molecule has 0 spiro atoms. The summed E-state index contributed by atoms with van der Waals surface area (Å²) in [5.74, 6) is 0.648. The van der Waals surface area contributed by atoms with Crippen molar-refractivity contribution in [1.29, 1.82) is 0 Å². The Bertz CT molecular complexity index is 1890. The highest BCUT2D eigenvalue weighted by Crippen LogP contribution is 2.38. The second-order valence-corrected chi connectivity index (χ2v) is 8.78. The van der Waals surface area contributed by atoms with Gasteiger partial charge in [-0.25, -0.2) is 9.97 Å². The quantitative estimate of drug-likeness (QED) is 0.261. The summed E-state index contributed by atoms with van der Waals surface area (Å²) in [6.45, 7) is 0. The molecular weight excluding hydrogens is 440 g/mol. The molecule has 0 aliphatic rings. The highest BCUT2D eigenvalue weighted by molar-refractivity contribution is 6.36. The number of aromatic nitrogens is 2. The monoisotopic (exact) mass is 456 g/mol. The Kier molecular flexibility index (Phi) is 4.20. The Morgan fingerprint density at radius 3 is 2.24 bits per heavy atom. The summed E-state index contributed by atoms with van der Waals surface area (Å²) in [6, 6.07) is 34.7. The molecule has 0 bridgehead atoms. The van der Waals surface area contributed by atoms with Crippen LogP contribution in [0.25, 0.3) is 66.3 Å². The van der Waals surface area contributed by atoms with E-state index in [4.69, 9.17) is 26.0 Å². The van der Waals surface area contributed by atoms with Gasteiger partial charge in [0, 0.05) is 26.9 Å². The third-order valence-electron chi connectivity index (χ3n) is 6.35. The topological polar surface area (TPSA) is 38.9 Å². The Morgan fingerprint density at radius 1 is 0.618 bits per heavy atom. The molecular formula is C30H17ClN2O. The predicted molar refractivity (Wildman–Crippen MR) is 140 cm³/mol. The summed E-state index contributed by atoms with van der Waals surface area (Å²) in [6.07, 6.45) is 0. The number of rotatable bonds is 2. The van der Waals surface area contributed by atoms with E-state index in [2.05, 4.69) is 36.4 Å². The molecule has 3 nitrogen and oxygen atoms in total. The predicted octanol–water partition coefficient (Wildman–Crippen LogP) is 8.67. The van der Waals surface area contributed by atoms with E-state index in [-0.39, 0.29) is 0 Å². The van der Waals surface area contributed by atoms with Crippen molar-refractivity contribution in [2.45, 2.75) is 0 Å². The van der Waals surface area contributed by atoms with Crippen molar-refractivity contribution in [2.24, 2.45) is 0 Å². The van der Waals surface area contributed by atoms with Gasteiger partial charge >= 0.3 is 0 Å². The highest BCUT2D eigenvalue weighted by atomic mass is 35.5. The Morgan fingerprint density at radius 2 is 1.35 bits per heavy atom. The zero-order valence-electron chi connectivity index (χ0n) is 18.0. The fourth-order valence-electron chi connectivity index (χ4n) is 4.70. The minimum atomic E-state index is 0.648. The molecule has 0 aliphatic carbocycles. The van der Waals surface area contributed by atoms with Gasteiger partial charge in [-0.1, -0.05) is 84.4 Å². The van der Waals surface area contributed by atoms with Gasteiger partial charge in [0.15, 0.2) is 11.4 Å². The van der Waals surface area contributed by atoms with E-state index in [0.29, 0.717) is 16.4 Å². The molecule has 4 heteroatoms. The van der Waals surface area contributed by atoms with Crippen molar-refractivity contribution < 1.29 is 4.42 Å². The minimum absolute atomic E-state index is 0.648. The third-order valence-corrected chi connectivity index (χ3v) is 6.68. The van der Waals surface area contributed by atoms with Crippen LogP contribution in [0.1, 0.15) is 0 Å². The Labute approximate surface area is 200 Å². The molecule has 0 amide bonds. The van der Waals surface area contributed by atoms with Gasteiger partial charge in [0.2, 0.25) is 0 Å². The van der Waals surface area contributed by atoms with Crippen LogP contribution in [0.4, 0.5) is 0 Å². The summed E-state index contributed by atoms with van der Waals surface area (Å²) in [5, 5.41) is 6.03. The van der Waals surface area contributed by atoms with Crippen LogP contribution in [0.5, 0.6) is 0 Å². The molecule has 5 aromatic carbocycles. The molecule has 0 atom stereocenters. The van der Waals surface area contributed by atoms with E-state index in [1.807, 2.05) is 66.7 Å². The summed E-state index contributed by atoms with van der Waals surface area (Å²) in [7, 11) is 0. The highest BCUT2D eigenvalue weighted by Gasteiger charge is 2.19. The number of para-hydroxylation sites is 1. The molecule has 160 valence electrons. The molecule has 7 rings (SSSR count). The van der Waals surface area contributed by atoms with E-state index in [9.17, 15) is 0 Å². The van der Waals surface area contributed by atoms with Crippen molar-refractivity contribution in [3.8, 4) is 22.6 Å². The zero-order chi connectivity index (χ0) is 22.6. The van der Waals surface area contributed by atoms with Gasteiger partial charge in [-0.2, -0.15) is 0 Å². The normalized spacial score (nSPS) is 11.7. The van der Waals surface area contributed by atoms with Gasteiger partial charge in [0.05, 0.1) is 0 Å². The van der Waals surface area contributed by atoms with Crippen LogP contribution in [0.3, 0.4) is 0 Å². The van der Waals surface area contributed by atoms with E-state index < -0.39 is 0 Å². The fourth-order valence-corrected chi connectivity index (χ4v) is 4.93. The first-order chi connectivity index (χ1) is 16.8. The number of fused-ring (bicyclic) bond motifs is 5. The lowest BCUT2D eigenvalue weighted by Crippen LogP contribution is -1.95. The SMILES string of the molecule is Clc1ccc(-c2nc(-c3ccc4ccccc4c3)c3oc4ccccc4c3n2)c2ccccc12. The van der Waals surface area contributed by atoms with Crippen LogP contribution < -0.4 is 0 Å². The van der Waals surface area contributed by atoms with Gasteiger partial charge in [0.1, 0.15) is 16.8 Å². The van der Waals surface area contributed by atoms with Crippen LogP contribution >= 0.6 is 11.6 Å². The van der Waals surface area contributed by atoms with E-state index in [0.717, 1.165) is 49.5 Å². The number of halogens is 1. The van der Waals surface area contributed by atoms with Gasteiger partial charge < -0.3 is 4.42 Å². The molecule has 0 saturated heterocycles. The third kappa shape index (κ3) is 2.91. The molecule has 0 fully saturated rings. The second-order valence-electron chi connectivity index (χ2n) is 8.37. The molecule has 0 saturated carbocycles. The van der Waals surface area contributed by atoms with Gasteiger partial charge in [-0.15, -0.1) is 0 Å². The van der Waals surface area contributed by atoms with Crippen LogP contribution in [0.15, 0.2) is 108 Å². The average molecular weight is 457 g/mol. The molecule has 7 aromatic rings. The largest absolute Gasteiger partial charge is 0.452 e. The second kappa shape index (κ2) is 7.41. The number of nitrogens with zero attached hydrogens (tertiary/aromatic N) is 2. The van der Waals surface area contributed by atoms with Crippen LogP contribution in [-0.2, 0) is 0 Å². The van der Waals surface area contributed by atoms with Gasteiger partial charge in [-0.05, 0) is 46.5 Å². The zero-order valence-corrected chi connectivity index (χ0v) is 18.8. The van der Waals surface area contributed by atoms with E-state index in [1.54, 1.807) is 0 Å². The van der Waals surface area contributed by atoms with Crippen molar-refractivity contribution in [1.82, 2.24) is 9.97 Å². The Hall–Kier alpha value is -4.21. The first-order valence-electron chi connectivity index (χ1n) is 11.1. The molecule has 0 aliphatic heterocycles. The summed E-state index contributed by atoms with van der Waals surface area (Å²) < 4.78 is 6.30. The minimum Gasteiger partial charge on any atom is -0.452 e. The summed E-state index contributed by atoms with van der Waals surface area (Å²) in [4.78, 5) is 10.1. The van der Waals surface area contributed by atoms with Crippen molar-refractivity contribution in [2.75, 3.05) is 0 Å². The first-order valence-corrected chi connectivity index (χ1v) is 11.5. The molecule has 2 heterocycles. The van der Waals surface area contributed by atoms with E-state index in [1.165, 1.54) is 5.39 Å². The molecule has 0 unspecified atom stereocenters. The maximum absolute atomic E-state index is 6.50. The number of hydrogen-bond donors (Lipinski definition) is 0. The number of benzene rings is 5. The van der Waals surface area contributed by atoms with Gasteiger partial charge in [-0.3, -0.25) is 0 Å². The van der Waals surface area contributed by atoms with Crippen LogP contribution in [-0.4, -0.2) is 9.97 Å².